The third kappa shape index (κ3) is 5.04. The number of hydrogen-bond acceptors (Lipinski definition) is 3. The van der Waals surface area contributed by atoms with E-state index in [1.165, 1.54) is 0 Å². The van der Waals surface area contributed by atoms with E-state index in [9.17, 15) is 9.59 Å². The number of hydrogen-bond donors (Lipinski definition) is 2. The molecule has 1 atom stereocenters. The number of aliphatic carboxylic acids is 1. The number of carboxylic acid groups (broad SMARTS) is 1. The highest BCUT2D eigenvalue weighted by Gasteiger charge is 2.26. The third-order valence-corrected chi connectivity index (χ3v) is 3.16. The van der Waals surface area contributed by atoms with Crippen LogP contribution in [0.3, 0.4) is 0 Å². The second-order valence-electron chi connectivity index (χ2n) is 6.01. The lowest BCUT2D eigenvalue weighted by Gasteiger charge is -2.34. The van der Waals surface area contributed by atoms with Crippen molar-refractivity contribution in [2.24, 2.45) is 5.41 Å². The van der Waals surface area contributed by atoms with Crippen LogP contribution in [0.25, 0.3) is 0 Å². The Morgan fingerprint density at radius 2 is 2.06 bits per heavy atom. The van der Waals surface area contributed by atoms with Crippen LogP contribution in [0.5, 0.6) is 0 Å². The van der Waals surface area contributed by atoms with Gasteiger partial charge in [0.15, 0.2) is 0 Å². The lowest BCUT2D eigenvalue weighted by atomic mass is 9.94. The van der Waals surface area contributed by atoms with Crippen LogP contribution >= 0.6 is 0 Å². The summed E-state index contributed by atoms with van der Waals surface area (Å²) in [6, 6.07) is 0.152. The molecule has 0 aromatic carbocycles. The van der Waals surface area contributed by atoms with E-state index in [0.717, 1.165) is 25.9 Å². The number of carbonyl (C=O) groups is 2. The molecule has 104 valence electrons. The molecule has 1 aliphatic rings. The van der Waals surface area contributed by atoms with Gasteiger partial charge in [0.1, 0.15) is 0 Å². The fraction of sp³-hybridized carbons (Fsp3) is 0.846. The highest BCUT2D eigenvalue weighted by Crippen LogP contribution is 2.16. The lowest BCUT2D eigenvalue weighted by Crippen LogP contribution is -2.50. The van der Waals surface area contributed by atoms with E-state index < -0.39 is 5.97 Å². The van der Waals surface area contributed by atoms with E-state index >= 15 is 0 Å². The van der Waals surface area contributed by atoms with E-state index in [2.05, 4.69) is 10.2 Å². The van der Waals surface area contributed by atoms with Crippen molar-refractivity contribution in [1.82, 2.24) is 10.2 Å². The van der Waals surface area contributed by atoms with E-state index in [1.54, 1.807) is 0 Å². The number of carbonyl (C=O) groups excluding carboxylic acids is 1. The van der Waals surface area contributed by atoms with Crippen molar-refractivity contribution in [3.05, 3.63) is 0 Å². The quantitative estimate of drug-likeness (QED) is 0.790. The molecule has 5 nitrogen and oxygen atoms in total. The van der Waals surface area contributed by atoms with Crippen LogP contribution in [0.4, 0.5) is 0 Å². The standard InChI is InChI=1S/C13H24N2O3/c1-13(2,3)12(18)14-10-5-4-7-15(9-10)8-6-11(16)17/h10H,4-9H2,1-3H3,(H,14,18)(H,16,17). The number of piperidine rings is 1. The smallest absolute Gasteiger partial charge is 0.304 e. The number of nitrogens with zero attached hydrogens (tertiary/aromatic N) is 1. The van der Waals surface area contributed by atoms with Crippen LogP contribution in [0.1, 0.15) is 40.0 Å². The largest absolute Gasteiger partial charge is 0.481 e. The van der Waals surface area contributed by atoms with Gasteiger partial charge < -0.3 is 15.3 Å². The molecule has 0 radical (unpaired) electrons. The monoisotopic (exact) mass is 256 g/mol. The van der Waals surface area contributed by atoms with Gasteiger partial charge in [-0.25, -0.2) is 0 Å². The zero-order chi connectivity index (χ0) is 13.8. The second kappa shape index (κ2) is 6.18. The molecule has 0 spiro atoms. The predicted molar refractivity (Wildman–Crippen MR) is 69.3 cm³/mol. The van der Waals surface area contributed by atoms with Gasteiger partial charge in [0.2, 0.25) is 5.91 Å². The van der Waals surface area contributed by atoms with Gasteiger partial charge in [-0.05, 0) is 19.4 Å². The molecule has 1 saturated heterocycles. The molecule has 1 rings (SSSR count). The van der Waals surface area contributed by atoms with Crippen LogP contribution in [0.2, 0.25) is 0 Å². The molecule has 1 fully saturated rings. The van der Waals surface area contributed by atoms with Gasteiger partial charge in [-0.15, -0.1) is 0 Å². The summed E-state index contributed by atoms with van der Waals surface area (Å²) in [5.74, 6) is -0.705. The summed E-state index contributed by atoms with van der Waals surface area (Å²) in [4.78, 5) is 24.5. The van der Waals surface area contributed by atoms with Crippen molar-refractivity contribution in [3.63, 3.8) is 0 Å². The maximum atomic E-state index is 11.9. The minimum atomic E-state index is -0.768. The van der Waals surface area contributed by atoms with E-state index in [-0.39, 0.29) is 23.8 Å². The second-order valence-corrected chi connectivity index (χ2v) is 6.01. The first-order chi connectivity index (χ1) is 8.29. The number of likely N-dealkylation sites (tertiary alicyclic amines) is 1. The van der Waals surface area contributed by atoms with Crippen molar-refractivity contribution in [1.29, 1.82) is 0 Å². The fourth-order valence-corrected chi connectivity index (χ4v) is 2.03. The van der Waals surface area contributed by atoms with Gasteiger partial charge >= 0.3 is 5.97 Å². The maximum Gasteiger partial charge on any atom is 0.304 e. The summed E-state index contributed by atoms with van der Waals surface area (Å²) in [5, 5.41) is 11.7. The summed E-state index contributed by atoms with van der Waals surface area (Å²) in [7, 11) is 0. The van der Waals surface area contributed by atoms with Crippen molar-refractivity contribution in [2.45, 2.75) is 46.1 Å². The Morgan fingerprint density at radius 3 is 2.61 bits per heavy atom. The molecule has 1 heterocycles. The van der Waals surface area contributed by atoms with E-state index in [4.69, 9.17) is 5.11 Å². The fourth-order valence-electron chi connectivity index (χ4n) is 2.03. The minimum absolute atomic E-state index is 0.0626. The molecule has 0 bridgehead atoms. The zero-order valence-corrected chi connectivity index (χ0v) is 11.5. The summed E-state index contributed by atoms with van der Waals surface area (Å²) in [5.41, 5.74) is -0.372. The number of amides is 1. The molecule has 1 unspecified atom stereocenters. The Kier molecular flexibility index (Phi) is 5.14. The van der Waals surface area contributed by atoms with Gasteiger partial charge in [0, 0.05) is 24.5 Å². The van der Waals surface area contributed by atoms with Crippen LogP contribution < -0.4 is 5.32 Å². The molecule has 5 heteroatoms. The highest BCUT2D eigenvalue weighted by molar-refractivity contribution is 5.81. The number of nitrogens with one attached hydrogen (secondary N) is 1. The number of carboxylic acids is 1. The lowest BCUT2D eigenvalue weighted by molar-refractivity contribution is -0.137. The van der Waals surface area contributed by atoms with Gasteiger partial charge in [-0.2, -0.15) is 0 Å². The van der Waals surface area contributed by atoms with Crippen molar-refractivity contribution in [2.75, 3.05) is 19.6 Å². The summed E-state index contributed by atoms with van der Waals surface area (Å²) in [6.07, 6.45) is 2.15. The van der Waals surface area contributed by atoms with Crippen LogP contribution in [0.15, 0.2) is 0 Å². The summed E-state index contributed by atoms with van der Waals surface area (Å²) in [6.45, 7) is 7.94. The maximum absolute atomic E-state index is 11.9. The molecule has 18 heavy (non-hydrogen) atoms. The van der Waals surface area contributed by atoms with Crippen LogP contribution in [-0.2, 0) is 9.59 Å². The summed E-state index contributed by atoms with van der Waals surface area (Å²) >= 11 is 0. The Balaban J connectivity index is 2.39. The first-order valence-electron chi connectivity index (χ1n) is 6.54. The zero-order valence-electron chi connectivity index (χ0n) is 11.5. The summed E-state index contributed by atoms with van der Waals surface area (Å²) < 4.78 is 0. The van der Waals surface area contributed by atoms with Crippen LogP contribution in [-0.4, -0.2) is 47.6 Å². The molecule has 2 N–H and O–H groups in total. The van der Waals surface area contributed by atoms with Gasteiger partial charge in [-0.3, -0.25) is 9.59 Å². The first-order valence-corrected chi connectivity index (χ1v) is 6.54. The molecule has 0 aliphatic carbocycles. The predicted octanol–water partition coefficient (Wildman–Crippen LogP) is 1.09. The van der Waals surface area contributed by atoms with E-state index in [0.29, 0.717) is 6.54 Å². The van der Waals surface area contributed by atoms with E-state index in [1.807, 2.05) is 20.8 Å². The Bertz CT molecular complexity index is 310. The average molecular weight is 256 g/mol. The molecule has 0 aromatic rings. The van der Waals surface area contributed by atoms with Crippen molar-refractivity contribution >= 4 is 11.9 Å². The Morgan fingerprint density at radius 1 is 1.39 bits per heavy atom. The van der Waals surface area contributed by atoms with Crippen LogP contribution in [0, 0.1) is 5.41 Å². The Labute approximate surface area is 109 Å². The third-order valence-electron chi connectivity index (χ3n) is 3.16. The van der Waals surface area contributed by atoms with Gasteiger partial charge in [-0.1, -0.05) is 20.8 Å². The highest BCUT2D eigenvalue weighted by atomic mass is 16.4. The topological polar surface area (TPSA) is 69.6 Å². The minimum Gasteiger partial charge on any atom is -0.481 e. The normalized spacial score (nSPS) is 21.6. The van der Waals surface area contributed by atoms with Gasteiger partial charge in [0.05, 0.1) is 6.42 Å². The average Bonchev–Trinajstić information content (AvgIpc) is 2.25. The SMILES string of the molecule is CC(C)(C)C(=O)NC1CCCN(CCC(=O)O)C1. The number of rotatable bonds is 4. The van der Waals surface area contributed by atoms with Crippen molar-refractivity contribution in [3.8, 4) is 0 Å². The van der Waals surface area contributed by atoms with Gasteiger partial charge in [0.25, 0.3) is 0 Å². The molecule has 0 saturated carbocycles. The molecular weight excluding hydrogens is 232 g/mol. The molecule has 1 amide bonds. The Hall–Kier alpha value is -1.10. The molecular formula is C13H24N2O3. The molecule has 0 aromatic heterocycles. The first kappa shape index (κ1) is 15.0. The van der Waals surface area contributed by atoms with Crippen molar-refractivity contribution < 1.29 is 14.7 Å². The molecule has 1 aliphatic heterocycles.